The van der Waals surface area contributed by atoms with Crippen LogP contribution in [0, 0.1) is 0 Å². The highest BCUT2D eigenvalue weighted by atomic mass is 16.2. The molecule has 5 heteroatoms. The second-order valence-electron chi connectivity index (χ2n) is 8.69. The summed E-state index contributed by atoms with van der Waals surface area (Å²) in [7, 11) is 0. The van der Waals surface area contributed by atoms with Gasteiger partial charge in [0.05, 0.1) is 11.5 Å². The molecule has 1 N–H and O–H groups in total. The van der Waals surface area contributed by atoms with Crippen molar-refractivity contribution in [1.29, 1.82) is 0 Å². The zero-order valence-electron chi connectivity index (χ0n) is 17.9. The van der Waals surface area contributed by atoms with E-state index in [4.69, 9.17) is 0 Å². The maximum Gasteiger partial charge on any atom is 0.254 e. The van der Waals surface area contributed by atoms with Crippen LogP contribution in [0.5, 0.6) is 0 Å². The van der Waals surface area contributed by atoms with Crippen LogP contribution < -0.4 is 5.32 Å². The quantitative estimate of drug-likeness (QED) is 0.800. The number of benzene rings is 1. The van der Waals surface area contributed by atoms with Gasteiger partial charge in [-0.25, -0.2) is 0 Å². The third-order valence-electron chi connectivity index (χ3n) is 6.97. The lowest BCUT2D eigenvalue weighted by Gasteiger charge is -2.55. The lowest BCUT2D eigenvalue weighted by molar-refractivity contribution is -0.128. The highest BCUT2D eigenvalue weighted by Crippen LogP contribution is 2.50. The summed E-state index contributed by atoms with van der Waals surface area (Å²) in [5.74, 6) is -0.246. The zero-order chi connectivity index (χ0) is 21.1. The van der Waals surface area contributed by atoms with Gasteiger partial charge >= 0.3 is 0 Å². The fourth-order valence-corrected chi connectivity index (χ4v) is 5.40. The van der Waals surface area contributed by atoms with Crippen molar-refractivity contribution in [3.63, 3.8) is 0 Å². The Labute approximate surface area is 178 Å². The third-order valence-corrected chi connectivity index (χ3v) is 6.97. The van der Waals surface area contributed by atoms with Gasteiger partial charge in [-0.3, -0.25) is 14.6 Å². The molecule has 1 spiro atoms. The summed E-state index contributed by atoms with van der Waals surface area (Å²) < 4.78 is 0. The maximum absolute atomic E-state index is 13.7. The van der Waals surface area contributed by atoms with Gasteiger partial charge < -0.3 is 10.2 Å². The van der Waals surface area contributed by atoms with Crippen molar-refractivity contribution in [2.24, 2.45) is 0 Å². The fourth-order valence-electron chi connectivity index (χ4n) is 5.40. The number of carbonyl (C=O) groups is 2. The van der Waals surface area contributed by atoms with Crippen LogP contribution >= 0.6 is 0 Å². The van der Waals surface area contributed by atoms with Crippen molar-refractivity contribution < 1.29 is 9.59 Å². The molecule has 30 heavy (non-hydrogen) atoms. The monoisotopic (exact) mass is 405 g/mol. The Hall–Kier alpha value is -2.69. The smallest absolute Gasteiger partial charge is 0.254 e. The average molecular weight is 406 g/mol. The van der Waals surface area contributed by atoms with Gasteiger partial charge in [0.1, 0.15) is 0 Å². The van der Waals surface area contributed by atoms with E-state index in [0.717, 1.165) is 49.7 Å². The molecule has 0 radical (unpaired) electrons. The minimum absolute atomic E-state index is 0.0157. The van der Waals surface area contributed by atoms with E-state index in [9.17, 15) is 9.59 Å². The molecule has 2 heterocycles. The van der Waals surface area contributed by atoms with Gasteiger partial charge in [0, 0.05) is 30.5 Å². The molecule has 2 atom stereocenters. The van der Waals surface area contributed by atoms with Crippen LogP contribution in [0.2, 0.25) is 0 Å². The lowest BCUT2D eigenvalue weighted by atomic mass is 9.64. The molecule has 1 aromatic heterocycles. The Bertz CT molecular complexity index is 906. The Kier molecular flexibility index (Phi) is 5.89. The molecule has 1 aliphatic heterocycles. The third kappa shape index (κ3) is 3.51. The van der Waals surface area contributed by atoms with Crippen LogP contribution in [0.15, 0.2) is 48.8 Å². The van der Waals surface area contributed by atoms with Gasteiger partial charge in [0.15, 0.2) is 0 Å². The van der Waals surface area contributed by atoms with Gasteiger partial charge in [-0.2, -0.15) is 0 Å². The van der Waals surface area contributed by atoms with Crippen LogP contribution in [0.25, 0.3) is 0 Å². The molecule has 4 rings (SSSR count). The van der Waals surface area contributed by atoms with E-state index in [0.29, 0.717) is 12.1 Å². The number of pyridine rings is 1. The largest absolute Gasteiger partial charge is 0.351 e. The van der Waals surface area contributed by atoms with Crippen molar-refractivity contribution in [2.75, 3.05) is 0 Å². The highest BCUT2D eigenvalue weighted by Gasteiger charge is 2.55. The fraction of sp³-hybridized carbons (Fsp3) is 0.480. The summed E-state index contributed by atoms with van der Waals surface area (Å²) in [5.41, 5.74) is 2.14. The van der Waals surface area contributed by atoms with Crippen LogP contribution in [-0.4, -0.2) is 33.3 Å². The Morgan fingerprint density at radius 2 is 1.87 bits per heavy atom. The molecular weight excluding hydrogens is 374 g/mol. The number of nitrogens with one attached hydrogen (secondary N) is 1. The number of rotatable bonds is 5. The van der Waals surface area contributed by atoms with Gasteiger partial charge in [-0.15, -0.1) is 0 Å². The van der Waals surface area contributed by atoms with E-state index in [-0.39, 0.29) is 23.8 Å². The van der Waals surface area contributed by atoms with Crippen molar-refractivity contribution >= 4 is 11.8 Å². The predicted octanol–water partition coefficient (Wildman–Crippen LogP) is 4.44. The number of carbonyl (C=O) groups excluding carboxylic acids is 2. The van der Waals surface area contributed by atoms with E-state index in [1.807, 2.05) is 36.4 Å². The summed E-state index contributed by atoms with van der Waals surface area (Å²) in [6.45, 7) is 4.70. The number of hydrogen-bond donors (Lipinski definition) is 1. The van der Waals surface area contributed by atoms with Crippen molar-refractivity contribution in [3.8, 4) is 0 Å². The van der Waals surface area contributed by atoms with Crippen molar-refractivity contribution in [2.45, 2.75) is 76.4 Å². The molecule has 5 nitrogen and oxygen atoms in total. The molecule has 2 aromatic rings. The summed E-state index contributed by atoms with van der Waals surface area (Å²) in [4.78, 5) is 33.5. The van der Waals surface area contributed by atoms with E-state index >= 15 is 0 Å². The molecule has 1 saturated carbocycles. The molecule has 0 unspecified atom stereocenters. The van der Waals surface area contributed by atoms with Gasteiger partial charge in [-0.05, 0) is 55.5 Å². The second-order valence-corrected chi connectivity index (χ2v) is 8.69. The Morgan fingerprint density at radius 3 is 2.57 bits per heavy atom. The maximum atomic E-state index is 13.7. The molecule has 0 bridgehead atoms. The summed E-state index contributed by atoms with van der Waals surface area (Å²) in [6, 6.07) is 11.6. The van der Waals surface area contributed by atoms with Crippen LogP contribution in [-0.2, 0) is 11.3 Å². The number of fused-ring (bicyclic) bond motifs is 1. The normalized spacial score (nSPS) is 21.2. The van der Waals surface area contributed by atoms with Crippen LogP contribution in [0.1, 0.15) is 79.8 Å². The van der Waals surface area contributed by atoms with E-state index in [1.54, 1.807) is 12.4 Å². The van der Waals surface area contributed by atoms with Gasteiger partial charge in [-0.1, -0.05) is 44.4 Å². The molecule has 1 aliphatic carbocycles. The molecule has 1 aromatic carbocycles. The highest BCUT2D eigenvalue weighted by molar-refractivity contribution is 6.02. The van der Waals surface area contributed by atoms with Gasteiger partial charge in [0.25, 0.3) is 5.91 Å². The number of amides is 2. The first-order valence-corrected chi connectivity index (χ1v) is 11.2. The van der Waals surface area contributed by atoms with E-state index in [1.165, 1.54) is 0 Å². The standard InChI is InChI=1S/C25H31N3O2/c1-3-18(2)28-24(30)21-10-6-5-9-20(21)22(25(28)13-7-4-8-14-25)23(29)27-17-19-11-15-26-16-12-19/h5-6,9-12,15-16,18,22H,3-4,7-8,13-14,17H2,1-2H3,(H,27,29)/t18-,22-/m1/s1. The van der Waals surface area contributed by atoms with Crippen LogP contribution in [0.3, 0.4) is 0 Å². The SMILES string of the molecule is CC[C@@H](C)N1C(=O)c2ccccc2[C@H](C(=O)NCc2ccncc2)C12CCCCC2. The zero-order valence-corrected chi connectivity index (χ0v) is 17.9. The topological polar surface area (TPSA) is 62.3 Å². The van der Waals surface area contributed by atoms with Crippen LogP contribution in [0.4, 0.5) is 0 Å². The van der Waals surface area contributed by atoms with E-state index < -0.39 is 5.54 Å². The Balaban J connectivity index is 1.76. The molecular formula is C25H31N3O2. The van der Waals surface area contributed by atoms with Crippen molar-refractivity contribution in [3.05, 3.63) is 65.5 Å². The molecule has 2 aliphatic rings. The number of nitrogens with zero attached hydrogens (tertiary/aromatic N) is 2. The first-order chi connectivity index (χ1) is 14.6. The predicted molar refractivity (Wildman–Crippen MR) is 117 cm³/mol. The van der Waals surface area contributed by atoms with Crippen molar-refractivity contribution in [1.82, 2.24) is 15.2 Å². The molecule has 0 saturated heterocycles. The average Bonchev–Trinajstić information content (AvgIpc) is 2.79. The minimum Gasteiger partial charge on any atom is -0.351 e. The Morgan fingerprint density at radius 1 is 1.17 bits per heavy atom. The first-order valence-electron chi connectivity index (χ1n) is 11.2. The summed E-state index contributed by atoms with van der Waals surface area (Å²) in [6.07, 6.45) is 9.38. The molecule has 2 amide bonds. The van der Waals surface area contributed by atoms with E-state index in [2.05, 4.69) is 29.0 Å². The summed E-state index contributed by atoms with van der Waals surface area (Å²) >= 11 is 0. The second kappa shape index (κ2) is 8.58. The number of aromatic nitrogens is 1. The summed E-state index contributed by atoms with van der Waals surface area (Å²) in [5, 5.41) is 3.17. The molecule has 158 valence electrons. The first kappa shape index (κ1) is 20.6. The van der Waals surface area contributed by atoms with Gasteiger partial charge in [0.2, 0.25) is 5.91 Å². The number of hydrogen-bond acceptors (Lipinski definition) is 3. The lowest BCUT2D eigenvalue weighted by Crippen LogP contribution is -2.64. The molecule has 1 fully saturated rings. The minimum atomic E-state index is -0.443.